The Kier molecular flexibility index (Phi) is 4.76. The zero-order chi connectivity index (χ0) is 20.6. The van der Waals surface area contributed by atoms with Crippen LogP contribution < -0.4 is 4.90 Å². The maximum Gasteiger partial charge on any atom is 0.264 e. The number of halogens is 1. The van der Waals surface area contributed by atoms with Gasteiger partial charge in [-0.15, -0.1) is 0 Å². The van der Waals surface area contributed by atoms with E-state index < -0.39 is 23.2 Å². The summed E-state index contributed by atoms with van der Waals surface area (Å²) in [6.07, 6.45) is 0. The molecule has 0 bridgehead atoms. The highest BCUT2D eigenvalue weighted by Gasteiger charge is 2.55. The molecule has 1 aliphatic rings. The molecule has 0 saturated carbocycles. The molecule has 4 rings (SSSR count). The molecule has 146 valence electrons. The number of Topliss-reactive ketones (excluding diaryl/α,β-unsaturated/α-hetero) is 1. The average Bonchev–Trinajstić information content (AvgIpc) is 2.96. The molecule has 4 nitrogen and oxygen atoms in total. The van der Waals surface area contributed by atoms with Gasteiger partial charge in [0.1, 0.15) is 5.82 Å². The van der Waals surface area contributed by atoms with Crippen LogP contribution in [0.15, 0.2) is 78.9 Å². The zero-order valence-electron chi connectivity index (χ0n) is 15.9. The molecule has 3 aromatic rings. The van der Waals surface area contributed by atoms with Crippen molar-refractivity contribution in [1.82, 2.24) is 0 Å². The number of hydrogen-bond acceptors (Lipinski definition) is 3. The van der Waals surface area contributed by atoms with E-state index in [0.717, 1.165) is 0 Å². The van der Waals surface area contributed by atoms with Gasteiger partial charge in [0, 0.05) is 11.1 Å². The summed E-state index contributed by atoms with van der Waals surface area (Å²) in [7, 11) is 0. The van der Waals surface area contributed by atoms with Gasteiger partial charge in [-0.1, -0.05) is 67.6 Å². The van der Waals surface area contributed by atoms with Gasteiger partial charge in [-0.25, -0.2) is 4.39 Å². The van der Waals surface area contributed by atoms with Gasteiger partial charge in [-0.2, -0.15) is 0 Å². The lowest BCUT2D eigenvalue weighted by Gasteiger charge is -2.28. The van der Waals surface area contributed by atoms with Gasteiger partial charge in [0.15, 0.2) is 11.4 Å². The van der Waals surface area contributed by atoms with Crippen LogP contribution in [0.4, 0.5) is 10.1 Å². The fraction of sp³-hybridized carbons (Fsp3) is 0.167. The molecule has 29 heavy (non-hydrogen) atoms. The van der Waals surface area contributed by atoms with E-state index in [9.17, 15) is 19.1 Å². The van der Waals surface area contributed by atoms with Crippen LogP contribution in [-0.2, 0) is 16.9 Å². The maximum atomic E-state index is 13.6. The van der Waals surface area contributed by atoms with E-state index in [-0.39, 0.29) is 12.3 Å². The monoisotopic (exact) mass is 389 g/mol. The quantitative estimate of drug-likeness (QED) is 0.669. The lowest BCUT2D eigenvalue weighted by molar-refractivity contribution is -0.139. The Balaban J connectivity index is 1.74. The number of para-hydroxylation sites is 1. The normalized spacial score (nSPS) is 19.1. The molecule has 2 unspecified atom stereocenters. The molecule has 1 aliphatic heterocycles. The van der Waals surface area contributed by atoms with Gasteiger partial charge < -0.3 is 10.0 Å². The van der Waals surface area contributed by atoms with Crippen molar-refractivity contribution in [3.8, 4) is 0 Å². The Morgan fingerprint density at radius 3 is 2.45 bits per heavy atom. The minimum absolute atomic E-state index is 0.0994. The third kappa shape index (κ3) is 3.13. The largest absolute Gasteiger partial charge is 0.375 e. The van der Waals surface area contributed by atoms with Crippen LogP contribution in [0.2, 0.25) is 0 Å². The summed E-state index contributed by atoms with van der Waals surface area (Å²) in [5.74, 6) is -2.29. The second-order valence-corrected chi connectivity index (χ2v) is 7.26. The van der Waals surface area contributed by atoms with E-state index in [1.165, 1.54) is 17.0 Å². The zero-order valence-corrected chi connectivity index (χ0v) is 15.9. The van der Waals surface area contributed by atoms with Crippen molar-refractivity contribution >= 4 is 17.4 Å². The lowest BCUT2D eigenvalue weighted by atomic mass is 9.79. The molecule has 0 aliphatic carbocycles. The number of aliphatic hydroxyl groups is 1. The van der Waals surface area contributed by atoms with Crippen LogP contribution in [0.25, 0.3) is 0 Å². The Labute approximate surface area is 168 Å². The molecule has 1 N–H and O–H groups in total. The Morgan fingerprint density at radius 1 is 1.03 bits per heavy atom. The van der Waals surface area contributed by atoms with Gasteiger partial charge in [0.2, 0.25) is 0 Å². The Morgan fingerprint density at radius 2 is 1.72 bits per heavy atom. The van der Waals surface area contributed by atoms with Gasteiger partial charge in [0.25, 0.3) is 5.91 Å². The average molecular weight is 389 g/mol. The molecule has 5 heteroatoms. The number of nitrogens with zero attached hydrogens (tertiary/aromatic N) is 1. The highest BCUT2D eigenvalue weighted by Crippen LogP contribution is 2.46. The molecule has 3 aromatic carbocycles. The molecule has 0 saturated heterocycles. The van der Waals surface area contributed by atoms with Gasteiger partial charge >= 0.3 is 0 Å². The van der Waals surface area contributed by atoms with Crippen molar-refractivity contribution in [2.75, 3.05) is 4.90 Å². The Bertz CT molecular complexity index is 1080. The molecule has 0 spiro atoms. The van der Waals surface area contributed by atoms with Crippen LogP contribution in [0, 0.1) is 11.7 Å². The first kappa shape index (κ1) is 19.0. The summed E-state index contributed by atoms with van der Waals surface area (Å²) >= 11 is 0. The summed E-state index contributed by atoms with van der Waals surface area (Å²) in [4.78, 5) is 27.8. The fourth-order valence-electron chi connectivity index (χ4n) is 3.90. The summed E-state index contributed by atoms with van der Waals surface area (Å²) in [5, 5.41) is 11.5. The number of carbonyl (C=O) groups is 2. The minimum atomic E-state index is -1.99. The van der Waals surface area contributed by atoms with Gasteiger partial charge in [-0.3, -0.25) is 9.59 Å². The van der Waals surface area contributed by atoms with Crippen LogP contribution in [0.3, 0.4) is 0 Å². The summed E-state index contributed by atoms with van der Waals surface area (Å²) in [6, 6.07) is 21.5. The van der Waals surface area contributed by atoms with E-state index in [1.807, 2.05) is 0 Å². The Hall–Kier alpha value is -3.31. The number of benzene rings is 3. The second-order valence-electron chi connectivity index (χ2n) is 7.26. The van der Waals surface area contributed by atoms with Crippen LogP contribution in [-0.4, -0.2) is 16.8 Å². The third-order valence-electron chi connectivity index (χ3n) is 5.48. The van der Waals surface area contributed by atoms with Gasteiger partial charge in [0.05, 0.1) is 18.2 Å². The number of ketones is 1. The second kappa shape index (κ2) is 7.26. The fourth-order valence-corrected chi connectivity index (χ4v) is 3.90. The van der Waals surface area contributed by atoms with Crippen LogP contribution >= 0.6 is 0 Å². The number of hydrogen-bond donors (Lipinski definition) is 1. The predicted molar refractivity (Wildman–Crippen MR) is 108 cm³/mol. The standard InChI is InChI=1S/C24H20FNO3/c1-16(22(27)18-9-3-2-4-10-18)24(29)20-12-5-6-13-21(20)26(23(24)28)15-17-8-7-11-19(25)14-17/h2-14,16,29H,15H2,1H3. The topological polar surface area (TPSA) is 57.6 Å². The van der Waals surface area contributed by atoms with E-state index >= 15 is 0 Å². The first-order valence-corrected chi connectivity index (χ1v) is 9.40. The molecular formula is C24H20FNO3. The number of amides is 1. The van der Waals surface area contributed by atoms with Crippen LogP contribution in [0.5, 0.6) is 0 Å². The number of anilines is 1. The molecule has 1 amide bonds. The highest BCUT2D eigenvalue weighted by molar-refractivity contribution is 6.11. The number of fused-ring (bicyclic) bond motifs is 1. The van der Waals surface area contributed by atoms with Crippen LogP contribution in [0.1, 0.15) is 28.4 Å². The maximum absolute atomic E-state index is 13.6. The molecule has 0 aromatic heterocycles. The first-order chi connectivity index (χ1) is 13.9. The number of rotatable bonds is 5. The van der Waals surface area contributed by atoms with E-state index in [1.54, 1.807) is 73.7 Å². The minimum Gasteiger partial charge on any atom is -0.375 e. The number of carbonyl (C=O) groups excluding carboxylic acids is 2. The van der Waals surface area contributed by atoms with Crippen molar-refractivity contribution < 1.29 is 19.1 Å². The van der Waals surface area contributed by atoms with Crippen molar-refractivity contribution in [3.63, 3.8) is 0 Å². The predicted octanol–water partition coefficient (Wildman–Crippen LogP) is 4.08. The van der Waals surface area contributed by atoms with Crippen molar-refractivity contribution in [3.05, 3.63) is 101 Å². The lowest BCUT2D eigenvalue weighted by Crippen LogP contribution is -2.47. The summed E-state index contributed by atoms with van der Waals surface area (Å²) in [5.41, 5.74) is -0.0477. The van der Waals surface area contributed by atoms with E-state index in [2.05, 4.69) is 0 Å². The molecular weight excluding hydrogens is 369 g/mol. The summed E-state index contributed by atoms with van der Waals surface area (Å²) < 4.78 is 13.6. The molecule has 1 heterocycles. The molecule has 0 radical (unpaired) electrons. The molecule has 0 fully saturated rings. The highest BCUT2D eigenvalue weighted by atomic mass is 19.1. The SMILES string of the molecule is CC(C(=O)c1ccccc1)C1(O)C(=O)N(Cc2cccc(F)c2)c2ccccc21. The van der Waals surface area contributed by atoms with Crippen molar-refractivity contribution in [2.24, 2.45) is 5.92 Å². The van der Waals surface area contributed by atoms with Gasteiger partial charge in [-0.05, 0) is 23.8 Å². The van der Waals surface area contributed by atoms with E-state index in [0.29, 0.717) is 22.4 Å². The first-order valence-electron chi connectivity index (χ1n) is 9.40. The van der Waals surface area contributed by atoms with Crippen molar-refractivity contribution in [1.29, 1.82) is 0 Å². The van der Waals surface area contributed by atoms with E-state index in [4.69, 9.17) is 0 Å². The third-order valence-corrected chi connectivity index (χ3v) is 5.48. The molecule has 2 atom stereocenters. The van der Waals surface area contributed by atoms with Crippen molar-refractivity contribution in [2.45, 2.75) is 19.1 Å². The summed E-state index contributed by atoms with van der Waals surface area (Å²) in [6.45, 7) is 1.66. The smallest absolute Gasteiger partial charge is 0.264 e.